The molecule has 0 spiro atoms. The minimum atomic E-state index is -0.350. The van der Waals surface area contributed by atoms with Crippen LogP contribution >= 0.6 is 0 Å². The van der Waals surface area contributed by atoms with Crippen LogP contribution in [-0.4, -0.2) is 40.9 Å². The van der Waals surface area contributed by atoms with Crippen molar-refractivity contribution >= 4 is 0 Å². The Morgan fingerprint density at radius 3 is 2.60 bits per heavy atom. The molecular weight excluding hydrogens is 257 g/mol. The van der Waals surface area contributed by atoms with Gasteiger partial charge in [0.1, 0.15) is 5.82 Å². The molecule has 0 aliphatic rings. The fourth-order valence-corrected chi connectivity index (χ4v) is 1.86. The van der Waals surface area contributed by atoms with Gasteiger partial charge in [-0.3, -0.25) is 4.90 Å². The Bertz CT molecular complexity index is 477. The summed E-state index contributed by atoms with van der Waals surface area (Å²) in [6.07, 6.45) is 0.340. The molecule has 0 atom stereocenters. The third kappa shape index (κ3) is 5.30. The van der Waals surface area contributed by atoms with E-state index in [0.29, 0.717) is 31.1 Å². The lowest BCUT2D eigenvalue weighted by Gasteiger charge is -2.25. The van der Waals surface area contributed by atoms with E-state index in [0.717, 1.165) is 5.56 Å². The van der Waals surface area contributed by atoms with Gasteiger partial charge >= 0.3 is 0 Å². The Balaban J connectivity index is 2.86. The zero-order valence-electron chi connectivity index (χ0n) is 12.1. The first-order valence-corrected chi connectivity index (χ1v) is 6.81. The van der Waals surface area contributed by atoms with Crippen molar-refractivity contribution in [2.45, 2.75) is 32.9 Å². The zero-order chi connectivity index (χ0) is 15.0. The van der Waals surface area contributed by atoms with Gasteiger partial charge in [0.05, 0.1) is 18.8 Å². The standard InChI is InChI=1S/C16H22FNO2/c1-13(2)18(8-10-20)12-14-6-7-16(17)15(11-14)5-3-4-9-19/h6-7,11,13,19-20H,4,8-10,12H2,1-2H3. The molecule has 0 fully saturated rings. The molecular formula is C16H22FNO2. The summed E-state index contributed by atoms with van der Waals surface area (Å²) >= 11 is 0. The number of aliphatic hydroxyl groups is 2. The topological polar surface area (TPSA) is 43.7 Å². The van der Waals surface area contributed by atoms with Crippen LogP contribution in [-0.2, 0) is 6.54 Å². The molecule has 0 radical (unpaired) electrons. The molecule has 1 rings (SSSR count). The Labute approximate surface area is 120 Å². The van der Waals surface area contributed by atoms with Gasteiger partial charge in [-0.05, 0) is 31.5 Å². The summed E-state index contributed by atoms with van der Waals surface area (Å²) in [7, 11) is 0. The Morgan fingerprint density at radius 2 is 2.00 bits per heavy atom. The quantitative estimate of drug-likeness (QED) is 0.780. The molecule has 0 heterocycles. The monoisotopic (exact) mass is 279 g/mol. The van der Waals surface area contributed by atoms with Gasteiger partial charge in [0.15, 0.2) is 0 Å². The number of rotatable bonds is 6. The minimum absolute atomic E-state index is 0.0219. The molecule has 0 saturated carbocycles. The molecule has 1 aromatic carbocycles. The van der Waals surface area contributed by atoms with Crippen molar-refractivity contribution < 1.29 is 14.6 Å². The fraction of sp³-hybridized carbons (Fsp3) is 0.500. The van der Waals surface area contributed by atoms with Gasteiger partial charge < -0.3 is 10.2 Å². The fourth-order valence-electron chi connectivity index (χ4n) is 1.86. The van der Waals surface area contributed by atoms with Gasteiger partial charge in [-0.25, -0.2) is 4.39 Å². The molecule has 0 saturated heterocycles. The Morgan fingerprint density at radius 1 is 1.25 bits per heavy atom. The van der Waals surface area contributed by atoms with E-state index in [1.165, 1.54) is 6.07 Å². The molecule has 0 amide bonds. The van der Waals surface area contributed by atoms with Gasteiger partial charge in [0.2, 0.25) is 0 Å². The van der Waals surface area contributed by atoms with E-state index < -0.39 is 0 Å². The van der Waals surface area contributed by atoms with E-state index in [9.17, 15) is 4.39 Å². The molecule has 0 aliphatic carbocycles. The van der Waals surface area contributed by atoms with Crippen LogP contribution in [0.25, 0.3) is 0 Å². The molecule has 110 valence electrons. The summed E-state index contributed by atoms with van der Waals surface area (Å²) in [4.78, 5) is 2.11. The number of hydrogen-bond donors (Lipinski definition) is 2. The largest absolute Gasteiger partial charge is 0.395 e. The SMILES string of the molecule is CC(C)N(CCO)Cc1ccc(F)c(C#CCCO)c1. The van der Waals surface area contributed by atoms with Crippen molar-refractivity contribution in [2.24, 2.45) is 0 Å². The summed E-state index contributed by atoms with van der Waals surface area (Å²) in [5.74, 6) is 5.11. The molecule has 20 heavy (non-hydrogen) atoms. The van der Waals surface area contributed by atoms with Crippen LogP contribution in [0.5, 0.6) is 0 Å². The second kappa shape index (κ2) is 8.70. The van der Waals surface area contributed by atoms with Crippen LogP contribution < -0.4 is 0 Å². The molecule has 0 aromatic heterocycles. The highest BCUT2D eigenvalue weighted by Gasteiger charge is 2.10. The van der Waals surface area contributed by atoms with Crippen LogP contribution in [0, 0.1) is 17.7 Å². The van der Waals surface area contributed by atoms with Crippen molar-refractivity contribution in [2.75, 3.05) is 19.8 Å². The predicted octanol–water partition coefficient (Wildman–Crippen LogP) is 1.76. The van der Waals surface area contributed by atoms with Crippen molar-refractivity contribution in [3.8, 4) is 11.8 Å². The van der Waals surface area contributed by atoms with Gasteiger partial charge in [0.25, 0.3) is 0 Å². The zero-order valence-corrected chi connectivity index (χ0v) is 12.1. The summed E-state index contributed by atoms with van der Waals surface area (Å²) < 4.78 is 13.6. The highest BCUT2D eigenvalue weighted by atomic mass is 19.1. The molecule has 3 nitrogen and oxygen atoms in total. The Hall–Kier alpha value is -1.41. The average molecular weight is 279 g/mol. The lowest BCUT2D eigenvalue weighted by Crippen LogP contribution is -2.32. The van der Waals surface area contributed by atoms with Gasteiger partial charge in [-0.2, -0.15) is 0 Å². The molecule has 0 bridgehead atoms. The lowest BCUT2D eigenvalue weighted by molar-refractivity contribution is 0.159. The highest BCUT2D eigenvalue weighted by Crippen LogP contribution is 2.13. The maximum Gasteiger partial charge on any atom is 0.138 e. The maximum absolute atomic E-state index is 13.6. The predicted molar refractivity (Wildman–Crippen MR) is 77.6 cm³/mol. The van der Waals surface area contributed by atoms with Crippen LogP contribution in [0.15, 0.2) is 18.2 Å². The van der Waals surface area contributed by atoms with Gasteiger partial charge in [-0.1, -0.05) is 17.9 Å². The number of halogens is 1. The van der Waals surface area contributed by atoms with Crippen LogP contribution in [0.3, 0.4) is 0 Å². The van der Waals surface area contributed by atoms with E-state index in [1.54, 1.807) is 12.1 Å². The molecule has 2 N–H and O–H groups in total. The van der Waals surface area contributed by atoms with E-state index >= 15 is 0 Å². The van der Waals surface area contributed by atoms with Crippen LogP contribution in [0.2, 0.25) is 0 Å². The number of benzene rings is 1. The molecule has 4 heteroatoms. The van der Waals surface area contributed by atoms with Crippen molar-refractivity contribution in [1.29, 1.82) is 0 Å². The average Bonchev–Trinajstić information content (AvgIpc) is 2.41. The summed E-state index contributed by atoms with van der Waals surface area (Å²) in [6, 6.07) is 5.18. The van der Waals surface area contributed by atoms with E-state index in [4.69, 9.17) is 10.2 Å². The third-order valence-electron chi connectivity index (χ3n) is 2.99. The first kappa shape index (κ1) is 16.6. The van der Waals surface area contributed by atoms with Crippen molar-refractivity contribution in [1.82, 2.24) is 4.90 Å². The smallest absolute Gasteiger partial charge is 0.138 e. The minimum Gasteiger partial charge on any atom is -0.395 e. The van der Waals surface area contributed by atoms with Gasteiger partial charge in [-0.15, -0.1) is 0 Å². The number of nitrogens with zero attached hydrogens (tertiary/aromatic N) is 1. The first-order valence-electron chi connectivity index (χ1n) is 6.81. The number of hydrogen-bond acceptors (Lipinski definition) is 3. The lowest BCUT2D eigenvalue weighted by atomic mass is 10.1. The first-order chi connectivity index (χ1) is 9.58. The van der Waals surface area contributed by atoms with Crippen molar-refractivity contribution in [3.05, 3.63) is 35.1 Å². The summed E-state index contributed by atoms with van der Waals surface area (Å²) in [6.45, 7) is 5.42. The molecule has 0 unspecified atom stereocenters. The van der Waals surface area contributed by atoms with E-state index in [2.05, 4.69) is 30.6 Å². The second-order valence-electron chi connectivity index (χ2n) is 4.88. The summed E-state index contributed by atoms with van der Waals surface area (Å²) in [5, 5.41) is 17.7. The van der Waals surface area contributed by atoms with Crippen LogP contribution in [0.4, 0.5) is 4.39 Å². The molecule has 0 aliphatic heterocycles. The molecule has 1 aromatic rings. The van der Waals surface area contributed by atoms with Gasteiger partial charge in [0, 0.05) is 25.6 Å². The van der Waals surface area contributed by atoms with E-state index in [1.807, 2.05) is 0 Å². The Kier molecular flexibility index (Phi) is 7.24. The number of aliphatic hydroxyl groups excluding tert-OH is 2. The van der Waals surface area contributed by atoms with Crippen molar-refractivity contribution in [3.63, 3.8) is 0 Å². The van der Waals surface area contributed by atoms with Crippen LogP contribution in [0.1, 0.15) is 31.4 Å². The second-order valence-corrected chi connectivity index (χ2v) is 4.88. The maximum atomic E-state index is 13.6. The van der Waals surface area contributed by atoms with E-state index in [-0.39, 0.29) is 19.0 Å². The highest BCUT2D eigenvalue weighted by molar-refractivity contribution is 5.38. The summed E-state index contributed by atoms with van der Waals surface area (Å²) in [5.41, 5.74) is 1.31. The normalized spacial score (nSPS) is 10.8. The third-order valence-corrected chi connectivity index (χ3v) is 2.99.